The molecule has 0 saturated carbocycles. The topological polar surface area (TPSA) is 88.3 Å². The lowest BCUT2D eigenvalue weighted by atomic mass is 9.95. The molecule has 138 valence electrons. The Hall–Kier alpha value is -2.25. The number of amides is 2. The van der Waals surface area contributed by atoms with Crippen LogP contribution in [0.2, 0.25) is 0 Å². The third-order valence-electron chi connectivity index (χ3n) is 4.58. The highest BCUT2D eigenvalue weighted by Crippen LogP contribution is 2.27. The second kappa shape index (κ2) is 7.97. The average molecular weight is 372 g/mol. The minimum absolute atomic E-state index is 0.0194. The molecule has 2 heterocycles. The van der Waals surface area contributed by atoms with Gasteiger partial charge in [-0.1, -0.05) is 44.2 Å². The zero-order chi connectivity index (χ0) is 18.7. The second-order valence-electron chi connectivity index (χ2n) is 6.94. The van der Waals surface area contributed by atoms with Crippen LogP contribution in [0, 0.1) is 5.92 Å². The van der Waals surface area contributed by atoms with Gasteiger partial charge < -0.3 is 16.0 Å². The van der Waals surface area contributed by atoms with Gasteiger partial charge in [0.15, 0.2) is 5.13 Å². The van der Waals surface area contributed by atoms with Crippen LogP contribution in [0.5, 0.6) is 0 Å². The molecule has 3 rings (SSSR count). The zero-order valence-corrected chi connectivity index (χ0v) is 15.8. The SMILES string of the molecule is CC(C)C(=O)Nc1nc(CC(=O)N2C[C@@H](N)[C@H](c3ccccc3)C2)cs1. The number of nitrogens with two attached hydrogens (primary N) is 1. The molecule has 1 fully saturated rings. The van der Waals surface area contributed by atoms with Gasteiger partial charge in [-0.3, -0.25) is 9.59 Å². The summed E-state index contributed by atoms with van der Waals surface area (Å²) >= 11 is 1.34. The van der Waals surface area contributed by atoms with Gasteiger partial charge in [0.2, 0.25) is 11.8 Å². The standard InChI is InChI=1S/C19H24N4O2S/c1-12(2)18(25)22-19-21-14(11-26-19)8-17(24)23-9-15(16(20)10-23)13-6-4-3-5-7-13/h3-7,11-12,15-16H,8-10,20H2,1-2H3,(H,21,22,25)/t15-,16+/m0/s1. The molecule has 0 radical (unpaired) electrons. The van der Waals surface area contributed by atoms with Gasteiger partial charge in [-0.2, -0.15) is 0 Å². The minimum atomic E-state index is -0.106. The van der Waals surface area contributed by atoms with Gasteiger partial charge in [-0.15, -0.1) is 11.3 Å². The molecule has 26 heavy (non-hydrogen) atoms. The fourth-order valence-electron chi connectivity index (χ4n) is 3.05. The van der Waals surface area contributed by atoms with Crippen LogP contribution in [0.3, 0.4) is 0 Å². The molecule has 0 unspecified atom stereocenters. The highest BCUT2D eigenvalue weighted by molar-refractivity contribution is 7.13. The van der Waals surface area contributed by atoms with Crippen LogP contribution < -0.4 is 11.1 Å². The average Bonchev–Trinajstić information content (AvgIpc) is 3.22. The Balaban J connectivity index is 1.59. The number of nitrogens with one attached hydrogen (secondary N) is 1. The normalized spacial score (nSPS) is 19.8. The summed E-state index contributed by atoms with van der Waals surface area (Å²) in [6, 6.07) is 10.0. The van der Waals surface area contributed by atoms with Crippen LogP contribution in [0.4, 0.5) is 5.13 Å². The summed E-state index contributed by atoms with van der Waals surface area (Å²) in [4.78, 5) is 30.5. The van der Waals surface area contributed by atoms with Crippen molar-refractivity contribution in [1.29, 1.82) is 0 Å². The first-order chi connectivity index (χ1) is 12.4. The lowest BCUT2D eigenvalue weighted by molar-refractivity contribution is -0.129. The van der Waals surface area contributed by atoms with Crippen LogP contribution in [0.25, 0.3) is 0 Å². The molecule has 1 aromatic carbocycles. The summed E-state index contributed by atoms with van der Waals surface area (Å²) in [6.07, 6.45) is 0.224. The van der Waals surface area contributed by atoms with Gasteiger partial charge in [0.25, 0.3) is 0 Å². The summed E-state index contributed by atoms with van der Waals surface area (Å²) in [5.74, 6) is 0.000766. The highest BCUT2D eigenvalue weighted by atomic mass is 32.1. The van der Waals surface area contributed by atoms with Crippen LogP contribution in [0.1, 0.15) is 31.0 Å². The molecule has 0 spiro atoms. The number of aromatic nitrogens is 1. The summed E-state index contributed by atoms with van der Waals surface area (Å²) in [6.45, 7) is 4.84. The molecule has 2 aromatic rings. The number of likely N-dealkylation sites (tertiary alicyclic amines) is 1. The summed E-state index contributed by atoms with van der Waals surface area (Å²) in [7, 11) is 0. The maximum atomic E-state index is 12.6. The van der Waals surface area contributed by atoms with Gasteiger partial charge in [0.1, 0.15) is 0 Å². The quantitative estimate of drug-likeness (QED) is 0.842. The first kappa shape index (κ1) is 18.5. The van der Waals surface area contributed by atoms with E-state index in [4.69, 9.17) is 5.73 Å². The molecular weight excluding hydrogens is 348 g/mol. The number of rotatable bonds is 5. The number of benzene rings is 1. The molecule has 7 heteroatoms. The number of anilines is 1. The smallest absolute Gasteiger partial charge is 0.228 e. The van der Waals surface area contributed by atoms with Gasteiger partial charge >= 0.3 is 0 Å². The van der Waals surface area contributed by atoms with E-state index in [1.165, 1.54) is 16.9 Å². The Morgan fingerprint density at radius 1 is 1.31 bits per heavy atom. The molecule has 2 amide bonds. The summed E-state index contributed by atoms with van der Waals surface area (Å²) < 4.78 is 0. The van der Waals surface area contributed by atoms with E-state index in [9.17, 15) is 9.59 Å². The fraction of sp³-hybridized carbons (Fsp3) is 0.421. The third-order valence-corrected chi connectivity index (χ3v) is 5.39. The van der Waals surface area contributed by atoms with Crippen molar-refractivity contribution < 1.29 is 9.59 Å². The predicted octanol–water partition coefficient (Wildman–Crippen LogP) is 2.23. The van der Waals surface area contributed by atoms with Gasteiger partial charge in [-0.05, 0) is 5.56 Å². The van der Waals surface area contributed by atoms with Crippen molar-refractivity contribution in [3.8, 4) is 0 Å². The Bertz CT molecular complexity index is 775. The van der Waals surface area contributed by atoms with Crippen molar-refractivity contribution in [2.24, 2.45) is 11.7 Å². The number of thiazole rings is 1. The molecule has 1 saturated heterocycles. The van der Waals surface area contributed by atoms with Gasteiger partial charge in [0, 0.05) is 36.3 Å². The monoisotopic (exact) mass is 372 g/mol. The number of hydrogen-bond donors (Lipinski definition) is 2. The maximum Gasteiger partial charge on any atom is 0.228 e. The van der Waals surface area contributed by atoms with E-state index in [2.05, 4.69) is 22.4 Å². The molecule has 2 atom stereocenters. The van der Waals surface area contributed by atoms with E-state index in [1.807, 2.05) is 42.3 Å². The Morgan fingerprint density at radius 2 is 2.04 bits per heavy atom. The van der Waals surface area contributed by atoms with Crippen molar-refractivity contribution in [2.75, 3.05) is 18.4 Å². The van der Waals surface area contributed by atoms with Crippen molar-refractivity contribution in [1.82, 2.24) is 9.88 Å². The molecule has 1 aliphatic heterocycles. The number of carbonyl (C=O) groups is 2. The van der Waals surface area contributed by atoms with E-state index in [-0.39, 0.29) is 36.1 Å². The first-order valence-electron chi connectivity index (χ1n) is 8.77. The molecular formula is C19H24N4O2S. The van der Waals surface area contributed by atoms with Crippen LogP contribution in [-0.4, -0.2) is 40.8 Å². The van der Waals surface area contributed by atoms with Crippen LogP contribution in [0.15, 0.2) is 35.7 Å². The number of nitrogens with zero attached hydrogens (tertiary/aromatic N) is 2. The Morgan fingerprint density at radius 3 is 2.73 bits per heavy atom. The fourth-order valence-corrected chi connectivity index (χ4v) is 3.76. The number of hydrogen-bond acceptors (Lipinski definition) is 5. The van der Waals surface area contributed by atoms with E-state index >= 15 is 0 Å². The lowest BCUT2D eigenvalue weighted by Crippen LogP contribution is -2.33. The maximum absolute atomic E-state index is 12.6. The highest BCUT2D eigenvalue weighted by Gasteiger charge is 2.33. The van der Waals surface area contributed by atoms with Crippen molar-refractivity contribution in [3.63, 3.8) is 0 Å². The molecule has 0 bridgehead atoms. The molecule has 3 N–H and O–H groups in total. The van der Waals surface area contributed by atoms with Crippen LogP contribution in [-0.2, 0) is 16.0 Å². The Labute approximate surface area is 157 Å². The number of carbonyl (C=O) groups excluding carboxylic acids is 2. The third kappa shape index (κ3) is 4.28. The van der Waals surface area contributed by atoms with E-state index in [0.29, 0.717) is 23.9 Å². The predicted molar refractivity (Wildman–Crippen MR) is 103 cm³/mol. The van der Waals surface area contributed by atoms with Crippen molar-refractivity contribution in [2.45, 2.75) is 32.2 Å². The van der Waals surface area contributed by atoms with Crippen LogP contribution >= 0.6 is 11.3 Å². The zero-order valence-electron chi connectivity index (χ0n) is 15.0. The summed E-state index contributed by atoms with van der Waals surface area (Å²) in [5, 5.41) is 5.12. The molecule has 6 nitrogen and oxygen atoms in total. The first-order valence-corrected chi connectivity index (χ1v) is 9.65. The van der Waals surface area contributed by atoms with E-state index < -0.39 is 0 Å². The molecule has 1 aliphatic rings. The van der Waals surface area contributed by atoms with E-state index in [1.54, 1.807) is 0 Å². The summed E-state index contributed by atoms with van der Waals surface area (Å²) in [5.41, 5.74) is 8.11. The van der Waals surface area contributed by atoms with Crippen molar-refractivity contribution in [3.05, 3.63) is 47.0 Å². The van der Waals surface area contributed by atoms with Crippen molar-refractivity contribution >= 4 is 28.3 Å². The molecule has 1 aromatic heterocycles. The van der Waals surface area contributed by atoms with Gasteiger partial charge in [-0.25, -0.2) is 4.98 Å². The van der Waals surface area contributed by atoms with Gasteiger partial charge in [0.05, 0.1) is 12.1 Å². The minimum Gasteiger partial charge on any atom is -0.340 e. The molecule has 0 aliphatic carbocycles. The second-order valence-corrected chi connectivity index (χ2v) is 7.80. The van der Waals surface area contributed by atoms with E-state index in [0.717, 1.165) is 0 Å². The largest absolute Gasteiger partial charge is 0.340 e. The Kier molecular flexibility index (Phi) is 5.68. The lowest BCUT2D eigenvalue weighted by Gasteiger charge is -2.16.